The fraction of sp³-hybridized carbons (Fsp3) is 0.667. The van der Waals surface area contributed by atoms with E-state index >= 15 is 0 Å². The number of azide groups is 1. The molecule has 5 nitrogen and oxygen atoms in total. The van der Waals surface area contributed by atoms with E-state index in [0.717, 1.165) is 5.01 Å². The summed E-state index contributed by atoms with van der Waals surface area (Å²) in [5, 5.41) is 4.17. The van der Waals surface area contributed by atoms with E-state index in [9.17, 15) is 4.79 Å². The standard InChI is InChI=1S/C3H4N4O/c4-5-6-7-2-1-3(7)8/h1-2H2. The van der Waals surface area contributed by atoms with E-state index in [2.05, 4.69) is 10.1 Å². The molecule has 0 saturated carbocycles. The lowest BCUT2D eigenvalue weighted by molar-refractivity contribution is -0.139. The van der Waals surface area contributed by atoms with Gasteiger partial charge in [-0.3, -0.25) is 0 Å². The first-order valence-electron chi connectivity index (χ1n) is 2.20. The van der Waals surface area contributed by atoms with Crippen LogP contribution in [0.2, 0.25) is 0 Å². The summed E-state index contributed by atoms with van der Waals surface area (Å²) in [7, 11) is 0. The van der Waals surface area contributed by atoms with E-state index in [1.54, 1.807) is 0 Å². The van der Waals surface area contributed by atoms with Crippen molar-refractivity contribution in [2.24, 2.45) is 5.22 Å². The lowest BCUT2D eigenvalue weighted by Crippen LogP contribution is -2.38. The highest BCUT2D eigenvalue weighted by atomic mass is 16.2. The fourth-order valence-corrected chi connectivity index (χ4v) is 0.446. The highest BCUT2D eigenvalue weighted by Gasteiger charge is 2.27. The van der Waals surface area contributed by atoms with Crippen LogP contribution in [0.3, 0.4) is 0 Å². The van der Waals surface area contributed by atoms with E-state index in [4.69, 9.17) is 5.53 Å². The number of β-lactam (4-membered cyclic amide) rings is 1. The van der Waals surface area contributed by atoms with Gasteiger partial charge in [-0.1, -0.05) is 0 Å². The van der Waals surface area contributed by atoms with Gasteiger partial charge in [0.05, 0.1) is 6.42 Å². The van der Waals surface area contributed by atoms with Crippen molar-refractivity contribution in [2.75, 3.05) is 6.54 Å². The number of hydrogen-bond donors (Lipinski definition) is 0. The van der Waals surface area contributed by atoms with Gasteiger partial charge in [-0.25, -0.2) is 4.79 Å². The molecule has 0 atom stereocenters. The van der Waals surface area contributed by atoms with Gasteiger partial charge in [0.25, 0.3) is 0 Å². The molecule has 1 rings (SSSR count). The molecule has 0 unspecified atom stereocenters. The number of hydrogen-bond acceptors (Lipinski definition) is 2. The summed E-state index contributed by atoms with van der Waals surface area (Å²) >= 11 is 0. The molecule has 8 heavy (non-hydrogen) atoms. The third kappa shape index (κ3) is 0.588. The highest BCUT2D eigenvalue weighted by Crippen LogP contribution is 2.07. The zero-order valence-corrected chi connectivity index (χ0v) is 4.11. The molecule has 0 aromatic heterocycles. The smallest absolute Gasteiger partial charge is 0.246 e. The molecule has 1 fully saturated rings. The van der Waals surface area contributed by atoms with Crippen molar-refractivity contribution in [2.45, 2.75) is 6.42 Å². The van der Waals surface area contributed by atoms with E-state index in [1.807, 2.05) is 0 Å². The maximum absolute atomic E-state index is 10.3. The number of nitrogens with zero attached hydrogens (tertiary/aromatic N) is 4. The molecule has 1 saturated heterocycles. The van der Waals surface area contributed by atoms with E-state index in [0.29, 0.717) is 13.0 Å². The van der Waals surface area contributed by atoms with Gasteiger partial charge in [-0.2, -0.15) is 9.92 Å². The second kappa shape index (κ2) is 1.71. The van der Waals surface area contributed by atoms with Crippen molar-refractivity contribution in [1.29, 1.82) is 0 Å². The number of carbonyl (C=O) groups excluding carboxylic acids is 1. The third-order valence-electron chi connectivity index (χ3n) is 0.973. The van der Waals surface area contributed by atoms with Crippen LogP contribution >= 0.6 is 0 Å². The molecule has 0 spiro atoms. The summed E-state index contributed by atoms with van der Waals surface area (Å²) in [6, 6.07) is 0. The largest absolute Gasteiger partial charge is 0.316 e. The Bertz CT molecular complexity index is 157. The predicted molar refractivity (Wildman–Crippen MR) is 25.5 cm³/mol. The Hall–Kier alpha value is -1.22. The minimum absolute atomic E-state index is 0.0946. The van der Waals surface area contributed by atoms with Gasteiger partial charge < -0.3 is 0 Å². The molecule has 0 aromatic rings. The quantitative estimate of drug-likeness (QED) is 0.210. The first-order valence-corrected chi connectivity index (χ1v) is 2.20. The molecule has 1 amide bonds. The summed E-state index contributed by atoms with van der Waals surface area (Å²) in [5.41, 5.74) is 7.78. The zero-order valence-electron chi connectivity index (χ0n) is 4.11. The summed E-state index contributed by atoms with van der Waals surface area (Å²) in [4.78, 5) is 12.7. The lowest BCUT2D eigenvalue weighted by Gasteiger charge is -2.17. The fourth-order valence-electron chi connectivity index (χ4n) is 0.446. The Morgan fingerprint density at radius 1 is 1.88 bits per heavy atom. The van der Waals surface area contributed by atoms with Crippen LogP contribution in [-0.4, -0.2) is 17.5 Å². The van der Waals surface area contributed by atoms with E-state index in [1.165, 1.54) is 0 Å². The van der Waals surface area contributed by atoms with Crippen molar-refractivity contribution in [1.82, 2.24) is 5.01 Å². The molecule has 1 aliphatic rings. The van der Waals surface area contributed by atoms with Crippen LogP contribution in [0.1, 0.15) is 6.42 Å². The van der Waals surface area contributed by atoms with Crippen LogP contribution in [0.5, 0.6) is 0 Å². The molecule has 0 aliphatic carbocycles. The predicted octanol–water partition coefficient (Wildman–Crippen LogP) is 0.444. The number of amides is 1. The maximum Gasteiger partial charge on any atom is 0.316 e. The van der Waals surface area contributed by atoms with Gasteiger partial charge in [-0.15, -0.1) is 5.53 Å². The van der Waals surface area contributed by atoms with Crippen molar-refractivity contribution < 1.29 is 4.79 Å². The Kier molecular flexibility index (Phi) is 1.06. The van der Waals surface area contributed by atoms with Crippen LogP contribution in [0.15, 0.2) is 5.22 Å². The minimum atomic E-state index is -0.0946. The molecular formula is C3H4N4O. The summed E-state index contributed by atoms with van der Waals surface area (Å²) < 4.78 is 0. The van der Waals surface area contributed by atoms with Gasteiger partial charge in [0.2, 0.25) is 0 Å². The molecule has 1 heterocycles. The first kappa shape index (κ1) is 4.93. The molecule has 1 aliphatic heterocycles. The average molecular weight is 112 g/mol. The third-order valence-corrected chi connectivity index (χ3v) is 0.973. The minimum Gasteiger partial charge on any atom is -0.246 e. The summed E-state index contributed by atoms with van der Waals surface area (Å²) in [6.45, 7) is 0.572. The zero-order chi connectivity index (χ0) is 5.98. The van der Waals surface area contributed by atoms with Crippen LogP contribution in [0, 0.1) is 0 Å². The number of rotatable bonds is 1. The normalized spacial score (nSPS) is 17.0. The highest BCUT2D eigenvalue weighted by molar-refractivity contribution is 5.81. The monoisotopic (exact) mass is 112 g/mol. The lowest BCUT2D eigenvalue weighted by atomic mass is 10.3. The molecular weight excluding hydrogens is 108 g/mol. The van der Waals surface area contributed by atoms with Crippen molar-refractivity contribution in [3.05, 3.63) is 10.4 Å². The van der Waals surface area contributed by atoms with Gasteiger partial charge in [0, 0.05) is 0 Å². The van der Waals surface area contributed by atoms with Gasteiger partial charge in [-0.05, 0) is 5.22 Å². The molecule has 0 bridgehead atoms. The second-order valence-corrected chi connectivity index (χ2v) is 1.45. The van der Waals surface area contributed by atoms with Crippen LogP contribution in [-0.2, 0) is 4.79 Å². The Morgan fingerprint density at radius 3 is 2.75 bits per heavy atom. The topological polar surface area (TPSA) is 69.1 Å². The van der Waals surface area contributed by atoms with Gasteiger partial charge in [0.15, 0.2) is 0 Å². The average Bonchev–Trinajstić information content (AvgIpc) is 1.79. The van der Waals surface area contributed by atoms with E-state index in [-0.39, 0.29) is 5.91 Å². The van der Waals surface area contributed by atoms with Crippen molar-refractivity contribution >= 4 is 5.91 Å². The molecule has 42 valence electrons. The molecule has 0 N–H and O–H groups in total. The van der Waals surface area contributed by atoms with Gasteiger partial charge in [0.1, 0.15) is 6.54 Å². The molecule has 0 aromatic carbocycles. The summed E-state index contributed by atoms with van der Waals surface area (Å²) in [6.07, 6.45) is 0.513. The van der Waals surface area contributed by atoms with E-state index < -0.39 is 0 Å². The van der Waals surface area contributed by atoms with Crippen LogP contribution < -0.4 is 0 Å². The van der Waals surface area contributed by atoms with Gasteiger partial charge >= 0.3 is 5.91 Å². The van der Waals surface area contributed by atoms with Crippen molar-refractivity contribution in [3.8, 4) is 0 Å². The Morgan fingerprint density at radius 2 is 2.62 bits per heavy atom. The first-order chi connectivity index (χ1) is 3.84. The molecule has 0 radical (unpaired) electrons. The van der Waals surface area contributed by atoms with Crippen LogP contribution in [0.25, 0.3) is 10.4 Å². The SMILES string of the molecule is [N-]=[N+]=NN1CCC1=O. The van der Waals surface area contributed by atoms with Crippen molar-refractivity contribution in [3.63, 3.8) is 0 Å². The number of carbonyl (C=O) groups is 1. The van der Waals surface area contributed by atoms with Crippen LogP contribution in [0.4, 0.5) is 0 Å². The maximum atomic E-state index is 10.3. The molecule has 5 heteroatoms. The second-order valence-electron chi connectivity index (χ2n) is 1.45. The Labute approximate surface area is 45.5 Å². The Balaban J connectivity index is 2.49. The summed E-state index contributed by atoms with van der Waals surface area (Å²) in [5.74, 6) is -0.0946.